The first-order valence-corrected chi connectivity index (χ1v) is 10.7. The first-order valence-electron chi connectivity index (χ1n) is 9.16. The Bertz CT molecular complexity index is 1030. The van der Waals surface area contributed by atoms with Crippen LogP contribution in [0.4, 0.5) is 24.5 Å². The van der Waals surface area contributed by atoms with Crippen LogP contribution in [0.2, 0.25) is 0 Å². The third-order valence-corrected chi connectivity index (χ3v) is 7.40. The Morgan fingerprint density at radius 2 is 1.66 bits per heavy atom. The van der Waals surface area contributed by atoms with E-state index in [2.05, 4.69) is 10.6 Å². The third kappa shape index (κ3) is 3.79. The van der Waals surface area contributed by atoms with Gasteiger partial charge in [0, 0.05) is 26.2 Å². The zero-order chi connectivity index (χ0) is 20.8. The number of fused-ring (bicyclic) bond motifs is 2. The molecule has 6 nitrogen and oxygen atoms in total. The van der Waals surface area contributed by atoms with Crippen LogP contribution in [0, 0.1) is 0 Å². The number of hydrogen-bond acceptors (Lipinski definition) is 5. The van der Waals surface area contributed by atoms with Gasteiger partial charge in [-0.3, -0.25) is 0 Å². The Labute approximate surface area is 166 Å². The topological polar surface area (TPSA) is 70.7 Å². The van der Waals surface area contributed by atoms with Crippen molar-refractivity contribution in [3.05, 3.63) is 47.5 Å². The number of nitrogens with zero attached hydrogens (tertiary/aromatic N) is 1. The largest absolute Gasteiger partial charge is 0.453 e. The molecule has 0 bridgehead atoms. The minimum atomic E-state index is -4.47. The lowest BCUT2D eigenvalue weighted by Crippen LogP contribution is -2.47. The van der Waals surface area contributed by atoms with E-state index in [0.717, 1.165) is 12.1 Å². The van der Waals surface area contributed by atoms with Crippen LogP contribution in [0.15, 0.2) is 36.4 Å². The molecule has 1 fully saturated rings. The maximum Gasteiger partial charge on any atom is 0.416 e. The lowest BCUT2D eigenvalue weighted by Gasteiger charge is -2.30. The van der Waals surface area contributed by atoms with Gasteiger partial charge in [0.1, 0.15) is 0 Å². The number of alkyl halides is 3. The predicted octanol–water partition coefficient (Wildman–Crippen LogP) is 3.85. The second-order valence-corrected chi connectivity index (χ2v) is 9.28. The number of piperazine rings is 1. The predicted molar refractivity (Wildman–Crippen MR) is 103 cm³/mol. The van der Waals surface area contributed by atoms with E-state index in [1.807, 2.05) is 0 Å². The van der Waals surface area contributed by atoms with Crippen LogP contribution in [-0.4, -0.2) is 38.9 Å². The van der Waals surface area contributed by atoms with Crippen molar-refractivity contribution < 1.29 is 26.3 Å². The highest BCUT2D eigenvalue weighted by Gasteiger charge is 2.33. The van der Waals surface area contributed by atoms with Crippen LogP contribution in [-0.2, 0) is 16.2 Å². The van der Waals surface area contributed by atoms with Gasteiger partial charge in [0.2, 0.25) is 10.0 Å². The van der Waals surface area contributed by atoms with Gasteiger partial charge in [-0.1, -0.05) is 6.07 Å². The van der Waals surface area contributed by atoms with Gasteiger partial charge in [-0.2, -0.15) is 17.5 Å². The number of ether oxygens (including phenoxy) is 1. The molecule has 2 aliphatic heterocycles. The fraction of sp³-hybridized carbons (Fsp3) is 0.368. The number of anilines is 2. The molecule has 29 heavy (non-hydrogen) atoms. The first-order chi connectivity index (χ1) is 13.7. The standard InChI is InChI=1S/C19H20F3N3O3S/c1-12(29(26,27)25-8-6-23-7-9-25)13-2-4-17-15(10-13)24-16-11-14(19(20,21)22)3-5-18(16)28-17/h2-5,10-12,23-24H,6-9H2,1H3. The molecule has 0 saturated carbocycles. The SMILES string of the molecule is CC(c1ccc2c(c1)Nc1cc(C(F)(F)F)ccc1O2)S(=O)(=O)N1CCNCC1. The molecule has 1 saturated heterocycles. The van der Waals surface area contributed by atoms with E-state index < -0.39 is 27.0 Å². The average molecular weight is 427 g/mol. The number of rotatable bonds is 3. The van der Waals surface area contributed by atoms with Crippen molar-refractivity contribution in [2.45, 2.75) is 18.3 Å². The van der Waals surface area contributed by atoms with E-state index in [1.54, 1.807) is 25.1 Å². The van der Waals surface area contributed by atoms with Gasteiger partial charge in [-0.05, 0) is 42.8 Å². The van der Waals surface area contributed by atoms with Gasteiger partial charge < -0.3 is 15.4 Å². The molecule has 2 aromatic rings. The van der Waals surface area contributed by atoms with Gasteiger partial charge in [-0.15, -0.1) is 0 Å². The maximum absolute atomic E-state index is 13.0. The summed E-state index contributed by atoms with van der Waals surface area (Å²) in [4.78, 5) is 0. The van der Waals surface area contributed by atoms with Gasteiger partial charge in [0.25, 0.3) is 0 Å². The van der Waals surface area contributed by atoms with E-state index in [-0.39, 0.29) is 11.4 Å². The molecule has 2 aromatic carbocycles. The van der Waals surface area contributed by atoms with Crippen LogP contribution in [0.3, 0.4) is 0 Å². The molecule has 0 aromatic heterocycles. The lowest BCUT2D eigenvalue weighted by atomic mass is 10.1. The molecule has 0 aliphatic carbocycles. The van der Waals surface area contributed by atoms with Crippen LogP contribution >= 0.6 is 0 Å². The number of halogens is 3. The molecule has 2 N–H and O–H groups in total. The molecule has 2 heterocycles. The van der Waals surface area contributed by atoms with E-state index in [9.17, 15) is 21.6 Å². The van der Waals surface area contributed by atoms with Gasteiger partial charge >= 0.3 is 6.18 Å². The molecule has 156 valence electrons. The third-order valence-electron chi connectivity index (χ3n) is 5.15. The number of nitrogens with one attached hydrogen (secondary N) is 2. The Kier molecular flexibility index (Phi) is 4.96. The highest BCUT2D eigenvalue weighted by Crippen LogP contribution is 2.45. The summed E-state index contributed by atoms with van der Waals surface area (Å²) in [5.41, 5.74) is 0.356. The number of sulfonamides is 1. The Morgan fingerprint density at radius 3 is 2.31 bits per heavy atom. The van der Waals surface area contributed by atoms with E-state index >= 15 is 0 Å². The van der Waals surface area contributed by atoms with Crippen LogP contribution in [0.1, 0.15) is 23.3 Å². The first kappa shape index (κ1) is 20.0. The quantitative estimate of drug-likeness (QED) is 0.665. The summed E-state index contributed by atoms with van der Waals surface area (Å²) in [5, 5.41) is 5.26. The fourth-order valence-electron chi connectivity index (χ4n) is 3.44. The Morgan fingerprint density at radius 1 is 1.03 bits per heavy atom. The van der Waals surface area contributed by atoms with Crippen molar-refractivity contribution in [1.29, 1.82) is 0 Å². The summed E-state index contributed by atoms with van der Waals surface area (Å²) in [6, 6.07) is 8.11. The molecule has 0 radical (unpaired) electrons. The maximum atomic E-state index is 13.0. The molecule has 10 heteroatoms. The van der Waals surface area contributed by atoms with Crippen molar-refractivity contribution in [3.8, 4) is 11.5 Å². The monoisotopic (exact) mass is 427 g/mol. The normalized spacial score (nSPS) is 18.2. The minimum Gasteiger partial charge on any atom is -0.453 e. The van der Waals surface area contributed by atoms with Crippen molar-refractivity contribution in [3.63, 3.8) is 0 Å². The Balaban J connectivity index is 1.62. The van der Waals surface area contributed by atoms with E-state index in [4.69, 9.17) is 4.74 Å². The molecule has 0 amide bonds. The van der Waals surface area contributed by atoms with E-state index in [1.165, 1.54) is 10.4 Å². The lowest BCUT2D eigenvalue weighted by molar-refractivity contribution is -0.137. The van der Waals surface area contributed by atoms with Crippen molar-refractivity contribution >= 4 is 21.4 Å². The summed E-state index contributed by atoms with van der Waals surface area (Å²) >= 11 is 0. The molecular formula is C19H20F3N3O3S. The Hall–Kier alpha value is -2.30. The zero-order valence-electron chi connectivity index (χ0n) is 15.6. The van der Waals surface area contributed by atoms with Crippen molar-refractivity contribution in [2.24, 2.45) is 0 Å². The molecule has 2 aliphatic rings. The highest BCUT2D eigenvalue weighted by atomic mass is 32.2. The van der Waals surface area contributed by atoms with E-state index in [0.29, 0.717) is 43.2 Å². The summed E-state index contributed by atoms with van der Waals surface area (Å²) in [7, 11) is -3.55. The number of benzene rings is 2. The summed E-state index contributed by atoms with van der Waals surface area (Å²) < 4.78 is 72.0. The minimum absolute atomic E-state index is 0.182. The van der Waals surface area contributed by atoms with Crippen molar-refractivity contribution in [1.82, 2.24) is 9.62 Å². The smallest absolute Gasteiger partial charge is 0.416 e. The molecular weight excluding hydrogens is 407 g/mol. The van der Waals surface area contributed by atoms with Crippen LogP contribution < -0.4 is 15.4 Å². The molecule has 1 atom stereocenters. The molecule has 0 spiro atoms. The fourth-order valence-corrected chi connectivity index (χ4v) is 5.07. The second-order valence-electron chi connectivity index (χ2n) is 7.03. The summed E-state index contributed by atoms with van der Waals surface area (Å²) in [5.74, 6) is 0.701. The summed E-state index contributed by atoms with van der Waals surface area (Å²) in [6.45, 7) is 3.63. The van der Waals surface area contributed by atoms with Gasteiger partial charge in [0.05, 0.1) is 22.2 Å². The highest BCUT2D eigenvalue weighted by molar-refractivity contribution is 7.89. The average Bonchev–Trinajstić information content (AvgIpc) is 2.70. The number of hydrogen-bond donors (Lipinski definition) is 2. The van der Waals surface area contributed by atoms with Crippen molar-refractivity contribution in [2.75, 3.05) is 31.5 Å². The zero-order valence-corrected chi connectivity index (χ0v) is 16.4. The molecule has 1 unspecified atom stereocenters. The molecule has 4 rings (SSSR count). The van der Waals surface area contributed by atoms with Gasteiger partial charge in [-0.25, -0.2) is 8.42 Å². The second kappa shape index (κ2) is 7.19. The van der Waals surface area contributed by atoms with Crippen LogP contribution in [0.25, 0.3) is 0 Å². The summed E-state index contributed by atoms with van der Waals surface area (Å²) in [6.07, 6.45) is -4.47. The van der Waals surface area contributed by atoms with Crippen LogP contribution in [0.5, 0.6) is 11.5 Å². The van der Waals surface area contributed by atoms with Gasteiger partial charge in [0.15, 0.2) is 11.5 Å².